The Labute approximate surface area is 123 Å². The van der Waals surface area contributed by atoms with Crippen molar-refractivity contribution in [2.75, 3.05) is 6.61 Å². The zero-order valence-electron chi connectivity index (χ0n) is 11.7. The molecule has 0 aromatic heterocycles. The fourth-order valence-corrected chi connectivity index (χ4v) is 2.80. The van der Waals surface area contributed by atoms with E-state index in [-0.39, 0.29) is 17.9 Å². The summed E-state index contributed by atoms with van der Waals surface area (Å²) in [6, 6.07) is 9.56. The van der Waals surface area contributed by atoms with E-state index < -0.39 is 12.3 Å². The lowest BCUT2D eigenvalue weighted by atomic mass is 10.0. The van der Waals surface area contributed by atoms with Crippen LogP contribution in [0.1, 0.15) is 18.4 Å². The first-order chi connectivity index (χ1) is 10.2. The summed E-state index contributed by atoms with van der Waals surface area (Å²) in [6.45, 7) is 0.321. The molecule has 112 valence electrons. The topological polar surface area (TPSA) is 66.8 Å². The summed E-state index contributed by atoms with van der Waals surface area (Å²) in [5, 5.41) is 10.1. The Morgan fingerprint density at radius 2 is 2.10 bits per heavy atom. The number of amides is 1. The fraction of sp³-hybridized carbons (Fsp3) is 0.500. The van der Waals surface area contributed by atoms with Gasteiger partial charge >= 0.3 is 0 Å². The molecule has 1 amide bonds. The first-order valence-corrected chi connectivity index (χ1v) is 7.31. The molecule has 1 heterocycles. The van der Waals surface area contributed by atoms with E-state index in [1.54, 1.807) is 0 Å². The van der Waals surface area contributed by atoms with Gasteiger partial charge in [0, 0.05) is 0 Å². The molecular formula is C16H19NO4. The molecule has 3 rings (SSSR count). The van der Waals surface area contributed by atoms with E-state index in [2.05, 4.69) is 0 Å². The number of nitrogens with zero attached hydrogens (tertiary/aromatic N) is 1. The maximum Gasteiger partial charge on any atom is 0.254 e. The maximum atomic E-state index is 12.4. The number of aliphatic hydroxyl groups is 1. The van der Waals surface area contributed by atoms with Crippen molar-refractivity contribution in [1.29, 1.82) is 0 Å². The number of carbonyl (C=O) groups excluding carboxylic acids is 2. The number of aliphatic hydroxyl groups excluding tert-OH is 1. The lowest BCUT2D eigenvalue weighted by Gasteiger charge is -2.28. The molecule has 2 fully saturated rings. The first-order valence-electron chi connectivity index (χ1n) is 7.31. The smallest absolute Gasteiger partial charge is 0.254 e. The maximum absolute atomic E-state index is 12.4. The highest BCUT2D eigenvalue weighted by atomic mass is 16.5. The molecule has 1 aliphatic carbocycles. The highest BCUT2D eigenvalue weighted by Gasteiger charge is 2.44. The van der Waals surface area contributed by atoms with Gasteiger partial charge in [0.1, 0.15) is 6.10 Å². The molecule has 1 saturated heterocycles. The van der Waals surface area contributed by atoms with Crippen molar-refractivity contribution in [3.63, 3.8) is 0 Å². The van der Waals surface area contributed by atoms with Crippen LogP contribution in [0.5, 0.6) is 0 Å². The highest BCUT2D eigenvalue weighted by molar-refractivity contribution is 5.84. The fourth-order valence-electron chi connectivity index (χ4n) is 2.80. The van der Waals surface area contributed by atoms with E-state index in [4.69, 9.17) is 4.74 Å². The lowest BCUT2D eigenvalue weighted by Crippen LogP contribution is -2.49. The van der Waals surface area contributed by atoms with Gasteiger partial charge in [0.05, 0.1) is 12.6 Å². The van der Waals surface area contributed by atoms with Crippen LogP contribution in [0.4, 0.5) is 0 Å². The van der Waals surface area contributed by atoms with Gasteiger partial charge in [-0.3, -0.25) is 9.59 Å². The second-order valence-electron chi connectivity index (χ2n) is 5.73. The molecule has 1 aromatic carbocycles. The Balaban J connectivity index is 1.75. The summed E-state index contributed by atoms with van der Waals surface area (Å²) in [4.78, 5) is 25.0. The number of hydrogen-bond acceptors (Lipinski definition) is 4. The summed E-state index contributed by atoms with van der Waals surface area (Å²) >= 11 is 0. The molecule has 3 unspecified atom stereocenters. The molecule has 1 N–H and O–H groups in total. The third-order valence-corrected chi connectivity index (χ3v) is 4.13. The van der Waals surface area contributed by atoms with Gasteiger partial charge in [0.25, 0.3) is 5.91 Å². The van der Waals surface area contributed by atoms with Crippen molar-refractivity contribution in [3.8, 4) is 0 Å². The van der Waals surface area contributed by atoms with Crippen LogP contribution in [-0.4, -0.2) is 47.2 Å². The van der Waals surface area contributed by atoms with E-state index in [0.29, 0.717) is 19.3 Å². The van der Waals surface area contributed by atoms with Crippen LogP contribution in [0.15, 0.2) is 30.3 Å². The number of hydrogen-bond donors (Lipinski definition) is 1. The number of carbonyl (C=O) groups is 2. The minimum absolute atomic E-state index is 0.0442. The van der Waals surface area contributed by atoms with E-state index in [1.165, 1.54) is 4.90 Å². The van der Waals surface area contributed by atoms with Gasteiger partial charge in [-0.05, 0) is 30.7 Å². The van der Waals surface area contributed by atoms with Crippen molar-refractivity contribution in [3.05, 3.63) is 35.9 Å². The van der Waals surface area contributed by atoms with Crippen LogP contribution in [0, 0.1) is 5.92 Å². The molecule has 3 atom stereocenters. The summed E-state index contributed by atoms with van der Waals surface area (Å²) in [5.41, 5.74) is 1.08. The van der Waals surface area contributed by atoms with Gasteiger partial charge in [-0.15, -0.1) is 0 Å². The monoisotopic (exact) mass is 289 g/mol. The normalized spacial score (nSPS) is 26.6. The Morgan fingerprint density at radius 1 is 1.38 bits per heavy atom. The van der Waals surface area contributed by atoms with Crippen LogP contribution in [0.2, 0.25) is 0 Å². The molecule has 1 aliphatic heterocycles. The number of rotatable bonds is 5. The predicted molar refractivity (Wildman–Crippen MR) is 75.3 cm³/mol. The second kappa shape index (κ2) is 5.95. The van der Waals surface area contributed by atoms with Crippen molar-refractivity contribution in [2.24, 2.45) is 5.92 Å². The quantitative estimate of drug-likeness (QED) is 0.812. The molecular weight excluding hydrogens is 270 g/mol. The van der Waals surface area contributed by atoms with E-state index in [0.717, 1.165) is 18.4 Å². The van der Waals surface area contributed by atoms with Crippen LogP contribution in [0.3, 0.4) is 0 Å². The molecule has 0 radical (unpaired) electrons. The van der Waals surface area contributed by atoms with Crippen molar-refractivity contribution >= 4 is 12.2 Å². The van der Waals surface area contributed by atoms with Gasteiger partial charge in [-0.2, -0.15) is 0 Å². The van der Waals surface area contributed by atoms with Gasteiger partial charge in [0.2, 0.25) is 0 Å². The number of ether oxygens (including phenoxy) is 1. The lowest BCUT2D eigenvalue weighted by molar-refractivity contribution is -0.150. The van der Waals surface area contributed by atoms with Crippen LogP contribution in [-0.2, 0) is 20.7 Å². The molecule has 0 spiro atoms. The molecule has 1 aromatic rings. The number of aldehydes is 1. The Morgan fingerprint density at radius 3 is 2.71 bits per heavy atom. The SMILES string of the molecule is O=CC1OCC(Cc2ccccc2)N1C(=O)C(O)C1CC1. The van der Waals surface area contributed by atoms with Crippen molar-refractivity contribution in [2.45, 2.75) is 37.6 Å². The summed E-state index contributed by atoms with van der Waals surface area (Å²) < 4.78 is 5.40. The van der Waals surface area contributed by atoms with Crippen LogP contribution >= 0.6 is 0 Å². The van der Waals surface area contributed by atoms with Crippen LogP contribution < -0.4 is 0 Å². The summed E-state index contributed by atoms with van der Waals surface area (Å²) in [5.74, 6) is -0.337. The molecule has 0 bridgehead atoms. The standard InChI is InChI=1S/C16H19NO4/c18-9-14-17(16(20)15(19)12-6-7-12)13(10-21-14)8-11-4-2-1-3-5-11/h1-5,9,12-15,19H,6-8,10H2. The first kappa shape index (κ1) is 14.2. The Bertz CT molecular complexity index is 514. The van der Waals surface area contributed by atoms with E-state index in [1.807, 2.05) is 30.3 Å². The Kier molecular flexibility index (Phi) is 4.03. The van der Waals surface area contributed by atoms with Crippen LogP contribution in [0.25, 0.3) is 0 Å². The minimum Gasteiger partial charge on any atom is -0.383 e. The largest absolute Gasteiger partial charge is 0.383 e. The molecule has 2 aliphatic rings. The zero-order valence-corrected chi connectivity index (χ0v) is 11.7. The predicted octanol–water partition coefficient (Wildman–Crippen LogP) is 0.752. The van der Waals surface area contributed by atoms with E-state index in [9.17, 15) is 14.7 Å². The Hall–Kier alpha value is -1.72. The van der Waals surface area contributed by atoms with E-state index >= 15 is 0 Å². The molecule has 5 nitrogen and oxygen atoms in total. The number of benzene rings is 1. The third-order valence-electron chi connectivity index (χ3n) is 4.13. The zero-order chi connectivity index (χ0) is 14.8. The van der Waals surface area contributed by atoms with Gasteiger partial charge < -0.3 is 14.7 Å². The highest BCUT2D eigenvalue weighted by Crippen LogP contribution is 2.34. The van der Waals surface area contributed by atoms with Gasteiger partial charge in [0.15, 0.2) is 12.5 Å². The molecule has 5 heteroatoms. The summed E-state index contributed by atoms with van der Waals surface area (Å²) in [6.07, 6.45) is 1.11. The summed E-state index contributed by atoms with van der Waals surface area (Å²) in [7, 11) is 0. The average molecular weight is 289 g/mol. The van der Waals surface area contributed by atoms with Gasteiger partial charge in [-0.1, -0.05) is 30.3 Å². The second-order valence-corrected chi connectivity index (χ2v) is 5.73. The van der Waals surface area contributed by atoms with Crippen molar-refractivity contribution < 1.29 is 19.4 Å². The van der Waals surface area contributed by atoms with Crippen molar-refractivity contribution in [1.82, 2.24) is 4.90 Å². The minimum atomic E-state index is -1.01. The van der Waals surface area contributed by atoms with Gasteiger partial charge in [-0.25, -0.2) is 0 Å². The average Bonchev–Trinajstić information content (AvgIpc) is 3.28. The molecule has 1 saturated carbocycles. The molecule has 21 heavy (non-hydrogen) atoms. The third kappa shape index (κ3) is 2.99.